The topological polar surface area (TPSA) is 0 Å². The van der Waals surface area contributed by atoms with Crippen molar-refractivity contribution in [3.8, 4) is 0 Å². The van der Waals surface area contributed by atoms with E-state index in [4.69, 9.17) is 0 Å². The molecule has 0 aliphatic heterocycles. The van der Waals surface area contributed by atoms with Gasteiger partial charge in [0.1, 0.15) is 0 Å². The number of hydrogen-bond donors (Lipinski definition) is 1. The van der Waals surface area contributed by atoms with E-state index in [0.717, 1.165) is 11.7 Å². The third kappa shape index (κ3) is 5.16. The smallest absolute Gasteiger partial charge is 0.00694 e. The van der Waals surface area contributed by atoms with E-state index in [9.17, 15) is 0 Å². The largest absolute Gasteiger partial charge is 0.179 e. The Hall–Kier alpha value is 0.350. The first-order valence-electron chi connectivity index (χ1n) is 4.10. The van der Waals surface area contributed by atoms with Crippen LogP contribution in [-0.4, -0.2) is 5.75 Å². The number of thiol groups is 1. The molecule has 0 radical (unpaired) electrons. The van der Waals surface area contributed by atoms with Gasteiger partial charge in [-0.1, -0.05) is 34.1 Å². The van der Waals surface area contributed by atoms with Crippen LogP contribution >= 0.6 is 12.6 Å². The molecule has 0 aromatic carbocycles. The molecule has 0 aromatic rings. The van der Waals surface area contributed by atoms with Crippen molar-refractivity contribution in [2.45, 2.75) is 40.5 Å². The zero-order chi connectivity index (χ0) is 8.20. The summed E-state index contributed by atoms with van der Waals surface area (Å²) in [4.78, 5) is 0. The summed E-state index contributed by atoms with van der Waals surface area (Å²) >= 11 is 4.31. The highest BCUT2D eigenvalue weighted by molar-refractivity contribution is 7.80. The quantitative estimate of drug-likeness (QED) is 0.601. The van der Waals surface area contributed by atoms with E-state index in [1.807, 2.05) is 0 Å². The van der Waals surface area contributed by atoms with Crippen LogP contribution in [0.2, 0.25) is 0 Å². The van der Waals surface area contributed by atoms with Crippen molar-refractivity contribution in [2.24, 2.45) is 11.3 Å². The third-order valence-electron chi connectivity index (χ3n) is 1.74. The predicted octanol–water partition coefficient (Wildman–Crippen LogP) is 3.38. The molecule has 0 aliphatic carbocycles. The molecule has 1 atom stereocenters. The van der Waals surface area contributed by atoms with Gasteiger partial charge in [0.2, 0.25) is 0 Å². The van der Waals surface area contributed by atoms with E-state index < -0.39 is 0 Å². The van der Waals surface area contributed by atoms with Gasteiger partial charge in [-0.3, -0.25) is 0 Å². The maximum absolute atomic E-state index is 4.31. The molecular formula is C9H20S. The number of hydrogen-bond acceptors (Lipinski definition) is 1. The fraction of sp³-hybridized carbons (Fsp3) is 1.00. The molecule has 0 nitrogen and oxygen atoms in total. The molecule has 1 heteroatoms. The molecule has 0 fully saturated rings. The lowest BCUT2D eigenvalue weighted by molar-refractivity contribution is 0.306. The van der Waals surface area contributed by atoms with Crippen molar-refractivity contribution < 1.29 is 0 Å². The zero-order valence-corrected chi connectivity index (χ0v) is 8.54. The number of rotatable bonds is 3. The minimum atomic E-state index is 0.476. The average Bonchev–Trinajstić information content (AvgIpc) is 1.81. The van der Waals surface area contributed by atoms with Crippen LogP contribution in [0.5, 0.6) is 0 Å². The van der Waals surface area contributed by atoms with E-state index in [0.29, 0.717) is 5.41 Å². The van der Waals surface area contributed by atoms with Crippen LogP contribution in [0.3, 0.4) is 0 Å². The fourth-order valence-electron chi connectivity index (χ4n) is 1.20. The fourth-order valence-corrected chi connectivity index (χ4v) is 1.59. The van der Waals surface area contributed by atoms with Crippen LogP contribution in [0, 0.1) is 11.3 Å². The lowest BCUT2D eigenvalue weighted by atomic mass is 9.84. The van der Waals surface area contributed by atoms with Gasteiger partial charge in [-0.15, -0.1) is 0 Å². The van der Waals surface area contributed by atoms with E-state index in [1.165, 1.54) is 12.8 Å². The van der Waals surface area contributed by atoms with Gasteiger partial charge in [-0.05, 0) is 23.5 Å². The van der Waals surface area contributed by atoms with Gasteiger partial charge in [0.25, 0.3) is 0 Å². The minimum Gasteiger partial charge on any atom is -0.179 e. The molecule has 62 valence electrons. The first kappa shape index (κ1) is 10.3. The lowest BCUT2D eigenvalue weighted by Gasteiger charge is -2.23. The van der Waals surface area contributed by atoms with Gasteiger partial charge in [0, 0.05) is 0 Å². The summed E-state index contributed by atoms with van der Waals surface area (Å²) in [5, 5.41) is 0. The second-order valence-electron chi connectivity index (χ2n) is 4.22. The third-order valence-corrected chi connectivity index (χ3v) is 2.25. The molecule has 1 unspecified atom stereocenters. The molecule has 0 saturated heterocycles. The maximum atomic E-state index is 4.31. The molecule has 0 aromatic heterocycles. The Morgan fingerprint density at radius 3 is 1.90 bits per heavy atom. The van der Waals surface area contributed by atoms with Crippen molar-refractivity contribution in [3.63, 3.8) is 0 Å². The summed E-state index contributed by atoms with van der Waals surface area (Å²) in [6, 6.07) is 0. The zero-order valence-electron chi connectivity index (χ0n) is 7.65. The van der Waals surface area contributed by atoms with E-state index in [-0.39, 0.29) is 0 Å². The highest BCUT2D eigenvalue weighted by Crippen LogP contribution is 2.26. The van der Waals surface area contributed by atoms with Crippen LogP contribution in [-0.2, 0) is 0 Å². The van der Waals surface area contributed by atoms with E-state index in [1.54, 1.807) is 0 Å². The van der Waals surface area contributed by atoms with E-state index in [2.05, 4.69) is 40.3 Å². The van der Waals surface area contributed by atoms with Gasteiger partial charge in [-0.25, -0.2) is 0 Å². The molecule has 0 rings (SSSR count). The Morgan fingerprint density at radius 2 is 1.80 bits per heavy atom. The maximum Gasteiger partial charge on any atom is -0.00694 e. The monoisotopic (exact) mass is 160 g/mol. The summed E-state index contributed by atoms with van der Waals surface area (Å²) in [6.45, 7) is 9.11. The standard InChI is InChI=1S/C9H20S/c1-5-8(7-10)6-9(2,3)4/h8,10H,5-7H2,1-4H3. The van der Waals surface area contributed by atoms with Crippen LogP contribution in [0.15, 0.2) is 0 Å². The first-order chi connectivity index (χ1) is 4.49. The molecule has 0 aliphatic rings. The SMILES string of the molecule is CCC(CS)CC(C)(C)C. The highest BCUT2D eigenvalue weighted by atomic mass is 32.1. The molecule has 0 N–H and O–H groups in total. The van der Waals surface area contributed by atoms with Crippen LogP contribution in [0.4, 0.5) is 0 Å². The van der Waals surface area contributed by atoms with Crippen LogP contribution in [0.25, 0.3) is 0 Å². The molecule has 0 bridgehead atoms. The summed E-state index contributed by atoms with van der Waals surface area (Å²) in [6.07, 6.45) is 2.56. The van der Waals surface area contributed by atoms with Gasteiger partial charge in [-0.2, -0.15) is 12.6 Å². The van der Waals surface area contributed by atoms with Gasteiger partial charge in [0.05, 0.1) is 0 Å². The summed E-state index contributed by atoms with van der Waals surface area (Å²) < 4.78 is 0. The molecule has 10 heavy (non-hydrogen) atoms. The Labute approximate surface area is 70.8 Å². The lowest BCUT2D eigenvalue weighted by Crippen LogP contribution is -2.13. The molecule has 0 amide bonds. The molecule has 0 spiro atoms. The molecule has 0 heterocycles. The van der Waals surface area contributed by atoms with Crippen molar-refractivity contribution in [3.05, 3.63) is 0 Å². The Balaban J connectivity index is 3.63. The van der Waals surface area contributed by atoms with Gasteiger partial charge in [0.15, 0.2) is 0 Å². The Morgan fingerprint density at radius 1 is 1.30 bits per heavy atom. The molecule has 0 saturated carbocycles. The van der Waals surface area contributed by atoms with Gasteiger partial charge >= 0.3 is 0 Å². The first-order valence-corrected chi connectivity index (χ1v) is 4.73. The van der Waals surface area contributed by atoms with Crippen molar-refractivity contribution >= 4 is 12.6 Å². The van der Waals surface area contributed by atoms with Crippen molar-refractivity contribution in [1.82, 2.24) is 0 Å². The highest BCUT2D eigenvalue weighted by Gasteiger charge is 2.15. The Kier molecular flexibility index (Phi) is 4.42. The normalized spacial score (nSPS) is 15.3. The van der Waals surface area contributed by atoms with Crippen molar-refractivity contribution in [1.29, 1.82) is 0 Å². The van der Waals surface area contributed by atoms with Crippen molar-refractivity contribution in [2.75, 3.05) is 5.75 Å². The second kappa shape index (κ2) is 4.27. The second-order valence-corrected chi connectivity index (χ2v) is 4.59. The molecular weight excluding hydrogens is 140 g/mol. The van der Waals surface area contributed by atoms with E-state index >= 15 is 0 Å². The minimum absolute atomic E-state index is 0.476. The summed E-state index contributed by atoms with van der Waals surface area (Å²) in [5.74, 6) is 1.84. The average molecular weight is 160 g/mol. The Bertz CT molecular complexity index is 77.2. The van der Waals surface area contributed by atoms with Gasteiger partial charge < -0.3 is 0 Å². The predicted molar refractivity (Wildman–Crippen MR) is 51.7 cm³/mol. The van der Waals surface area contributed by atoms with Crippen LogP contribution in [0.1, 0.15) is 40.5 Å². The summed E-state index contributed by atoms with van der Waals surface area (Å²) in [5.41, 5.74) is 0.476. The van der Waals surface area contributed by atoms with Crippen LogP contribution < -0.4 is 0 Å². The summed E-state index contributed by atoms with van der Waals surface area (Å²) in [7, 11) is 0.